The van der Waals surface area contributed by atoms with E-state index in [1.807, 2.05) is 0 Å². The van der Waals surface area contributed by atoms with Crippen LogP contribution in [0.5, 0.6) is 0 Å². The van der Waals surface area contributed by atoms with E-state index in [9.17, 15) is 10.2 Å². The van der Waals surface area contributed by atoms with Crippen LogP contribution in [-0.4, -0.2) is 65.2 Å². The van der Waals surface area contributed by atoms with Gasteiger partial charge >= 0.3 is 0 Å². The molecule has 1 saturated heterocycles. The maximum absolute atomic E-state index is 9.89. The zero-order chi connectivity index (χ0) is 12.7. The fourth-order valence-corrected chi connectivity index (χ4v) is 2.01. The van der Waals surface area contributed by atoms with Gasteiger partial charge in [-0.05, 0) is 5.21 Å². The molecule has 1 unspecified atom stereocenters. The quantitative estimate of drug-likeness (QED) is 0.552. The zero-order valence-electron chi connectivity index (χ0n) is 9.16. The van der Waals surface area contributed by atoms with Crippen LogP contribution in [0.25, 0.3) is 11.2 Å². The molecule has 96 valence electrons. The van der Waals surface area contributed by atoms with Crippen LogP contribution in [0.15, 0.2) is 12.5 Å². The van der Waals surface area contributed by atoms with Crippen molar-refractivity contribution in [2.45, 2.75) is 24.5 Å². The predicted octanol–water partition coefficient (Wildman–Crippen LogP) is -2.17. The molecule has 0 aliphatic carbocycles. The maximum atomic E-state index is 9.89. The highest BCUT2D eigenvalue weighted by Gasteiger charge is 2.43. The number of ether oxygens (including phenoxy) is 1. The van der Waals surface area contributed by atoms with E-state index < -0.39 is 24.5 Å². The summed E-state index contributed by atoms with van der Waals surface area (Å²) in [5, 5.41) is 39.5. The van der Waals surface area contributed by atoms with Crippen molar-refractivity contribution in [1.29, 1.82) is 0 Å². The Bertz CT molecular complexity index is 561. The second-order valence-electron chi connectivity index (χ2n) is 4.02. The van der Waals surface area contributed by atoms with Gasteiger partial charge in [0.15, 0.2) is 11.9 Å². The summed E-state index contributed by atoms with van der Waals surface area (Å²) in [6, 6.07) is 0. The minimum atomic E-state index is -1.17. The van der Waals surface area contributed by atoms with Gasteiger partial charge in [0, 0.05) is 0 Å². The number of aromatic nitrogens is 5. The zero-order valence-corrected chi connectivity index (χ0v) is 9.16. The number of imidazole rings is 1. The lowest BCUT2D eigenvalue weighted by atomic mass is 10.1. The predicted molar refractivity (Wildman–Crippen MR) is 56.1 cm³/mol. The number of hydrogen-bond donors (Lipinski definition) is 3. The molecule has 2 aromatic rings. The molecule has 3 rings (SSSR count). The third-order valence-electron chi connectivity index (χ3n) is 2.96. The van der Waals surface area contributed by atoms with Gasteiger partial charge in [0.25, 0.3) is 0 Å². The Balaban J connectivity index is 2.00. The lowest BCUT2D eigenvalue weighted by molar-refractivity contribution is -0.0511. The van der Waals surface area contributed by atoms with Crippen LogP contribution in [0.3, 0.4) is 0 Å². The third-order valence-corrected chi connectivity index (χ3v) is 2.96. The Morgan fingerprint density at radius 3 is 2.89 bits per heavy atom. The first-order valence-electron chi connectivity index (χ1n) is 5.35. The van der Waals surface area contributed by atoms with Gasteiger partial charge in [0.05, 0.1) is 19.1 Å². The molecule has 3 heterocycles. The van der Waals surface area contributed by atoms with E-state index in [4.69, 9.17) is 9.84 Å². The number of aliphatic hydroxyl groups excluding tert-OH is 3. The summed E-state index contributed by atoms with van der Waals surface area (Å²) in [6.45, 7) is -0.380. The van der Waals surface area contributed by atoms with Gasteiger partial charge in [-0.15, -0.1) is 10.2 Å². The molecule has 0 bridgehead atoms. The molecule has 2 aromatic heterocycles. The van der Waals surface area contributed by atoms with Crippen LogP contribution in [0.2, 0.25) is 0 Å². The monoisotopic (exact) mass is 253 g/mol. The standard InChI is InChI=1S/C9H11N5O4/c15-2-5-6(16)7(17)9(18-5)14-3-10-4-1-11-13-12-8(4)14/h1,3,5-7,9,15-17H,2H2/t5-,6-,7-,9?/m1/s1. The Kier molecular flexibility index (Phi) is 2.67. The molecular weight excluding hydrogens is 242 g/mol. The number of fused-ring (bicyclic) bond motifs is 1. The van der Waals surface area contributed by atoms with Crippen molar-refractivity contribution in [2.75, 3.05) is 6.61 Å². The number of hydrogen-bond acceptors (Lipinski definition) is 8. The van der Waals surface area contributed by atoms with Gasteiger partial charge in [-0.25, -0.2) is 4.98 Å². The highest BCUT2D eigenvalue weighted by atomic mass is 16.6. The first-order chi connectivity index (χ1) is 8.72. The van der Waals surface area contributed by atoms with Crippen LogP contribution in [0, 0.1) is 0 Å². The Morgan fingerprint density at radius 2 is 2.17 bits per heavy atom. The fourth-order valence-electron chi connectivity index (χ4n) is 2.01. The summed E-state index contributed by atoms with van der Waals surface area (Å²) >= 11 is 0. The Morgan fingerprint density at radius 1 is 1.33 bits per heavy atom. The van der Waals surface area contributed by atoms with Crippen molar-refractivity contribution in [2.24, 2.45) is 0 Å². The molecule has 18 heavy (non-hydrogen) atoms. The van der Waals surface area contributed by atoms with Gasteiger partial charge in [0.2, 0.25) is 0 Å². The van der Waals surface area contributed by atoms with Crippen LogP contribution >= 0.6 is 0 Å². The second-order valence-corrected chi connectivity index (χ2v) is 4.02. The second kappa shape index (κ2) is 4.21. The maximum Gasteiger partial charge on any atom is 0.188 e. The number of rotatable bonds is 2. The van der Waals surface area contributed by atoms with E-state index in [0.29, 0.717) is 11.2 Å². The number of aliphatic hydroxyl groups is 3. The minimum Gasteiger partial charge on any atom is -0.394 e. The largest absolute Gasteiger partial charge is 0.394 e. The molecule has 0 radical (unpaired) electrons. The molecule has 3 N–H and O–H groups in total. The first kappa shape index (κ1) is 11.4. The average molecular weight is 253 g/mol. The van der Waals surface area contributed by atoms with Crippen molar-refractivity contribution in [3.63, 3.8) is 0 Å². The van der Waals surface area contributed by atoms with Crippen molar-refractivity contribution in [3.8, 4) is 0 Å². The Hall–Kier alpha value is -1.68. The summed E-state index contributed by atoms with van der Waals surface area (Å²) in [7, 11) is 0. The molecule has 0 amide bonds. The van der Waals surface area contributed by atoms with E-state index >= 15 is 0 Å². The van der Waals surface area contributed by atoms with Crippen molar-refractivity contribution >= 4 is 11.2 Å². The van der Waals surface area contributed by atoms with E-state index in [0.717, 1.165) is 0 Å². The molecule has 4 atom stereocenters. The minimum absolute atomic E-state index is 0.380. The van der Waals surface area contributed by atoms with Gasteiger partial charge < -0.3 is 20.1 Å². The average Bonchev–Trinajstić information content (AvgIpc) is 2.93. The summed E-state index contributed by atoms with van der Waals surface area (Å²) in [6.07, 6.45) is -1.18. The molecular formula is C9H11N5O4. The summed E-state index contributed by atoms with van der Waals surface area (Å²) in [5.41, 5.74) is 0.891. The number of nitrogens with zero attached hydrogens (tertiary/aromatic N) is 5. The molecule has 1 aliphatic heterocycles. The van der Waals surface area contributed by atoms with Crippen molar-refractivity contribution in [1.82, 2.24) is 25.0 Å². The Labute approximate surface area is 101 Å². The van der Waals surface area contributed by atoms with E-state index in [2.05, 4.69) is 20.4 Å². The molecule has 9 heteroatoms. The molecule has 1 fully saturated rings. The van der Waals surface area contributed by atoms with Crippen LogP contribution < -0.4 is 0 Å². The lowest BCUT2D eigenvalue weighted by Gasteiger charge is -2.15. The summed E-state index contributed by atoms with van der Waals surface area (Å²) in [4.78, 5) is 4.04. The summed E-state index contributed by atoms with van der Waals surface area (Å²) in [5.74, 6) is 0. The SMILES string of the molecule is OC[C@H]1OC(n2cnc3cnnnc32)[C@H](O)[C@@H]1O. The molecule has 1 aliphatic rings. The lowest BCUT2D eigenvalue weighted by Crippen LogP contribution is -2.33. The van der Waals surface area contributed by atoms with E-state index in [1.54, 1.807) is 0 Å². The smallest absolute Gasteiger partial charge is 0.188 e. The van der Waals surface area contributed by atoms with Gasteiger partial charge in [-0.1, -0.05) is 0 Å². The molecule has 0 saturated carbocycles. The van der Waals surface area contributed by atoms with Gasteiger partial charge in [-0.2, -0.15) is 0 Å². The third kappa shape index (κ3) is 1.56. The van der Waals surface area contributed by atoms with Crippen LogP contribution in [0.4, 0.5) is 0 Å². The highest BCUT2D eigenvalue weighted by molar-refractivity contribution is 5.68. The van der Waals surface area contributed by atoms with E-state index in [1.165, 1.54) is 17.1 Å². The molecule has 0 aromatic carbocycles. The topological polar surface area (TPSA) is 126 Å². The van der Waals surface area contributed by atoms with Crippen LogP contribution in [-0.2, 0) is 4.74 Å². The highest BCUT2D eigenvalue weighted by Crippen LogP contribution is 2.30. The first-order valence-corrected chi connectivity index (χ1v) is 5.35. The van der Waals surface area contributed by atoms with Crippen molar-refractivity contribution in [3.05, 3.63) is 12.5 Å². The summed E-state index contributed by atoms with van der Waals surface area (Å²) < 4.78 is 6.82. The molecule has 9 nitrogen and oxygen atoms in total. The van der Waals surface area contributed by atoms with Gasteiger partial charge in [-0.3, -0.25) is 4.57 Å². The normalized spacial score (nSPS) is 32.2. The molecule has 0 spiro atoms. The van der Waals surface area contributed by atoms with Gasteiger partial charge in [0.1, 0.15) is 23.8 Å². The fraction of sp³-hybridized carbons (Fsp3) is 0.556. The van der Waals surface area contributed by atoms with Crippen molar-refractivity contribution < 1.29 is 20.1 Å². The van der Waals surface area contributed by atoms with E-state index in [-0.39, 0.29) is 6.61 Å². The van der Waals surface area contributed by atoms with Crippen LogP contribution in [0.1, 0.15) is 6.23 Å².